The Balaban J connectivity index is 1.17. The van der Waals surface area contributed by atoms with Gasteiger partial charge in [-0.05, 0) is 67.2 Å². The average molecular weight is 472 g/mol. The van der Waals surface area contributed by atoms with Crippen LogP contribution in [0.15, 0.2) is 60.9 Å². The summed E-state index contributed by atoms with van der Waals surface area (Å²) in [5.74, 6) is 1.49. The minimum Gasteiger partial charge on any atom is -0.492 e. The minimum atomic E-state index is 0.0673. The number of carbonyl (C=O) groups excluding carboxylic acids is 2. The number of benzene rings is 2. The second-order valence-electron chi connectivity index (χ2n) is 9.67. The monoisotopic (exact) mass is 471 g/mol. The summed E-state index contributed by atoms with van der Waals surface area (Å²) in [4.78, 5) is 33.3. The predicted octanol–water partition coefficient (Wildman–Crippen LogP) is 4.72. The molecule has 3 aromatic rings. The summed E-state index contributed by atoms with van der Waals surface area (Å²) in [6.07, 6.45) is 9.61. The second-order valence-corrected chi connectivity index (χ2v) is 9.67. The lowest BCUT2D eigenvalue weighted by molar-refractivity contribution is -0.128. The van der Waals surface area contributed by atoms with Gasteiger partial charge in [0.2, 0.25) is 5.91 Å². The van der Waals surface area contributed by atoms with Gasteiger partial charge in [-0.3, -0.25) is 14.6 Å². The highest BCUT2D eigenvalue weighted by molar-refractivity contribution is 5.94. The van der Waals surface area contributed by atoms with Crippen LogP contribution >= 0.6 is 0 Å². The number of nitrogens with zero attached hydrogens (tertiary/aromatic N) is 3. The molecule has 2 amide bonds. The Morgan fingerprint density at radius 2 is 1.91 bits per heavy atom. The van der Waals surface area contributed by atoms with Crippen LogP contribution in [0.5, 0.6) is 5.75 Å². The zero-order chi connectivity index (χ0) is 24.0. The summed E-state index contributed by atoms with van der Waals surface area (Å²) in [5.41, 5.74) is 1.96. The Bertz CT molecular complexity index is 1190. The van der Waals surface area contributed by atoms with E-state index in [1.807, 2.05) is 46.5 Å². The van der Waals surface area contributed by atoms with Crippen molar-refractivity contribution in [2.75, 3.05) is 32.8 Å². The van der Waals surface area contributed by atoms with Gasteiger partial charge in [0.25, 0.3) is 5.91 Å². The van der Waals surface area contributed by atoms with Crippen molar-refractivity contribution in [2.24, 2.45) is 5.92 Å². The normalized spacial score (nSPS) is 18.6. The van der Waals surface area contributed by atoms with E-state index in [2.05, 4.69) is 29.2 Å². The maximum absolute atomic E-state index is 13.3. The van der Waals surface area contributed by atoms with Crippen molar-refractivity contribution in [1.82, 2.24) is 14.8 Å². The van der Waals surface area contributed by atoms with Gasteiger partial charge >= 0.3 is 0 Å². The van der Waals surface area contributed by atoms with Crippen LogP contribution in [0.25, 0.3) is 10.8 Å². The third-order valence-electron chi connectivity index (χ3n) is 7.28. The van der Waals surface area contributed by atoms with E-state index in [0.717, 1.165) is 51.7 Å². The number of aromatic nitrogens is 1. The van der Waals surface area contributed by atoms with E-state index < -0.39 is 0 Å². The van der Waals surface area contributed by atoms with Crippen molar-refractivity contribution in [2.45, 2.75) is 38.5 Å². The molecule has 35 heavy (non-hydrogen) atoms. The van der Waals surface area contributed by atoms with Crippen LogP contribution in [0.2, 0.25) is 0 Å². The lowest BCUT2D eigenvalue weighted by Gasteiger charge is -2.21. The number of likely N-dealkylation sites (tertiary alicyclic amines) is 2. The number of amides is 2. The van der Waals surface area contributed by atoms with E-state index in [4.69, 9.17) is 4.74 Å². The van der Waals surface area contributed by atoms with Gasteiger partial charge in [0.1, 0.15) is 12.4 Å². The van der Waals surface area contributed by atoms with Crippen LogP contribution in [-0.2, 0) is 11.2 Å². The summed E-state index contributed by atoms with van der Waals surface area (Å²) in [6.45, 7) is 3.40. The van der Waals surface area contributed by atoms with E-state index in [0.29, 0.717) is 36.8 Å². The molecule has 0 spiro atoms. The van der Waals surface area contributed by atoms with Crippen LogP contribution in [0, 0.1) is 5.92 Å². The standard InChI is InChI=1S/C29H33N3O3/c33-28-11-5-13-31(28)16-17-35-26-9-3-8-23(19-26)29(34)32-14-4-6-22(12-15-32)18-25-21-30-20-24-7-1-2-10-27(24)25/h1-3,7-10,19-22H,4-6,11-18H2/t22-/m1/s1. The molecular formula is C29H33N3O3. The molecular weight excluding hydrogens is 438 g/mol. The molecule has 0 saturated carbocycles. The number of fused-ring (bicyclic) bond motifs is 1. The van der Waals surface area contributed by atoms with Gasteiger partial charge in [-0.2, -0.15) is 0 Å². The van der Waals surface area contributed by atoms with Crippen LogP contribution < -0.4 is 4.74 Å². The van der Waals surface area contributed by atoms with Gasteiger partial charge in [0.05, 0.1) is 6.54 Å². The van der Waals surface area contributed by atoms with Crippen molar-refractivity contribution in [3.8, 4) is 5.75 Å². The molecule has 0 aliphatic carbocycles. The molecule has 0 N–H and O–H groups in total. The molecule has 2 aromatic carbocycles. The molecule has 0 radical (unpaired) electrons. The minimum absolute atomic E-state index is 0.0673. The van der Waals surface area contributed by atoms with E-state index in [1.54, 1.807) is 0 Å². The molecule has 0 unspecified atom stereocenters. The van der Waals surface area contributed by atoms with Gasteiger partial charge in [0.15, 0.2) is 0 Å². The molecule has 6 nitrogen and oxygen atoms in total. The molecule has 2 fully saturated rings. The van der Waals surface area contributed by atoms with Gasteiger partial charge < -0.3 is 14.5 Å². The molecule has 0 bridgehead atoms. The number of rotatable bonds is 7. The van der Waals surface area contributed by atoms with E-state index in [1.165, 1.54) is 16.3 Å². The van der Waals surface area contributed by atoms with Gasteiger partial charge in [-0.1, -0.05) is 30.3 Å². The number of hydrogen-bond acceptors (Lipinski definition) is 4. The molecule has 6 heteroatoms. The van der Waals surface area contributed by atoms with E-state index in [9.17, 15) is 9.59 Å². The number of ether oxygens (including phenoxy) is 1. The zero-order valence-electron chi connectivity index (χ0n) is 20.2. The quantitative estimate of drug-likeness (QED) is 0.500. The molecule has 1 aromatic heterocycles. The van der Waals surface area contributed by atoms with Crippen LogP contribution in [0.1, 0.15) is 48.0 Å². The third kappa shape index (κ3) is 5.64. The summed E-state index contributed by atoms with van der Waals surface area (Å²) >= 11 is 0. The largest absolute Gasteiger partial charge is 0.492 e. The highest BCUT2D eigenvalue weighted by Crippen LogP contribution is 2.27. The number of carbonyl (C=O) groups is 2. The smallest absolute Gasteiger partial charge is 0.253 e. The Labute approximate surface area is 206 Å². The van der Waals surface area contributed by atoms with Gasteiger partial charge in [0, 0.05) is 49.4 Å². The number of pyridine rings is 1. The zero-order valence-corrected chi connectivity index (χ0v) is 20.2. The maximum atomic E-state index is 13.3. The van der Waals surface area contributed by atoms with Crippen LogP contribution in [0.4, 0.5) is 0 Å². The Hall–Kier alpha value is -3.41. The molecule has 2 aliphatic heterocycles. The summed E-state index contributed by atoms with van der Waals surface area (Å²) in [7, 11) is 0. The Morgan fingerprint density at radius 1 is 1.00 bits per heavy atom. The fraction of sp³-hybridized carbons (Fsp3) is 0.414. The van der Waals surface area contributed by atoms with Crippen molar-refractivity contribution >= 4 is 22.6 Å². The SMILES string of the molecule is O=C1CCCN1CCOc1cccc(C(=O)N2CCC[C@@H](Cc3cncc4ccccc34)CC2)c1. The Morgan fingerprint density at radius 3 is 2.80 bits per heavy atom. The first kappa shape index (κ1) is 23.3. The summed E-state index contributed by atoms with van der Waals surface area (Å²) in [6, 6.07) is 15.9. The molecule has 5 rings (SSSR count). The third-order valence-corrected chi connectivity index (χ3v) is 7.28. The van der Waals surface area contributed by atoms with Crippen LogP contribution in [-0.4, -0.2) is 59.4 Å². The predicted molar refractivity (Wildman–Crippen MR) is 136 cm³/mol. The lowest BCUT2D eigenvalue weighted by atomic mass is 9.91. The van der Waals surface area contributed by atoms with E-state index in [-0.39, 0.29) is 11.8 Å². The first-order valence-corrected chi connectivity index (χ1v) is 12.8. The molecule has 2 saturated heterocycles. The topological polar surface area (TPSA) is 62.7 Å². The summed E-state index contributed by atoms with van der Waals surface area (Å²) < 4.78 is 5.87. The maximum Gasteiger partial charge on any atom is 0.253 e. The first-order valence-electron chi connectivity index (χ1n) is 12.8. The highest BCUT2D eigenvalue weighted by Gasteiger charge is 2.23. The van der Waals surface area contributed by atoms with Gasteiger partial charge in [-0.25, -0.2) is 0 Å². The van der Waals surface area contributed by atoms with Crippen molar-refractivity contribution in [3.63, 3.8) is 0 Å². The van der Waals surface area contributed by atoms with Crippen molar-refractivity contribution in [3.05, 3.63) is 72.1 Å². The average Bonchev–Trinajstić information content (AvgIpc) is 3.15. The molecule has 1 atom stereocenters. The fourth-order valence-corrected chi connectivity index (χ4v) is 5.34. The van der Waals surface area contributed by atoms with Crippen molar-refractivity contribution in [1.29, 1.82) is 0 Å². The molecule has 182 valence electrons. The van der Waals surface area contributed by atoms with Crippen LogP contribution in [0.3, 0.4) is 0 Å². The highest BCUT2D eigenvalue weighted by atomic mass is 16.5. The fourth-order valence-electron chi connectivity index (χ4n) is 5.34. The lowest BCUT2D eigenvalue weighted by Crippen LogP contribution is -2.32. The first-order chi connectivity index (χ1) is 17.2. The van der Waals surface area contributed by atoms with Gasteiger partial charge in [-0.15, -0.1) is 0 Å². The molecule has 2 aliphatic rings. The Kier molecular flexibility index (Phi) is 7.26. The summed E-state index contributed by atoms with van der Waals surface area (Å²) in [5, 5.41) is 2.47. The number of hydrogen-bond donors (Lipinski definition) is 0. The van der Waals surface area contributed by atoms with Crippen molar-refractivity contribution < 1.29 is 14.3 Å². The second kappa shape index (κ2) is 10.9. The van der Waals surface area contributed by atoms with E-state index >= 15 is 0 Å². The molecule has 3 heterocycles.